The standard InChI is InChI=1S/C28H18ClN7O.C7H8O3S/c1-34-26-14-32-24-8-6-17(19-10-18-4-2-3-5-23(18)31-13-19)11-21(24)27(26)36(28(34)37)20-7-9-25(22(29)12-20)35-16-30-15-33-35;1-6-2-4-7(5-3-6)11(8,9)10/h2-16H,1H3;2-5H,1H3,(H,8,9,10). The van der Waals surface area contributed by atoms with Crippen LogP contribution in [0.3, 0.4) is 0 Å². The highest BCUT2D eigenvalue weighted by Crippen LogP contribution is 2.32. The molecule has 0 saturated heterocycles. The third-order valence-electron chi connectivity index (χ3n) is 7.98. The van der Waals surface area contributed by atoms with Gasteiger partial charge in [0.15, 0.2) is 0 Å². The second-order valence-electron chi connectivity index (χ2n) is 11.1. The van der Waals surface area contributed by atoms with E-state index in [1.807, 2.05) is 61.7 Å². The van der Waals surface area contributed by atoms with Gasteiger partial charge in [-0.05, 0) is 67.1 Å². The van der Waals surface area contributed by atoms with Crippen molar-refractivity contribution in [1.29, 1.82) is 0 Å². The first-order chi connectivity index (χ1) is 23.1. The topological polar surface area (TPSA) is 138 Å². The van der Waals surface area contributed by atoms with Crippen LogP contribution in [0.15, 0.2) is 126 Å². The first kappa shape index (κ1) is 30.9. The van der Waals surface area contributed by atoms with Crippen molar-refractivity contribution in [1.82, 2.24) is 33.9 Å². The molecule has 0 aliphatic heterocycles. The molecule has 1 N–H and O–H groups in total. The van der Waals surface area contributed by atoms with Crippen molar-refractivity contribution in [2.45, 2.75) is 11.8 Å². The fourth-order valence-corrected chi connectivity index (χ4v) is 6.25. The summed E-state index contributed by atoms with van der Waals surface area (Å²) >= 11 is 6.62. The molecule has 8 rings (SSSR count). The van der Waals surface area contributed by atoms with Gasteiger partial charge in [0.2, 0.25) is 0 Å². The number of para-hydroxylation sites is 1. The summed E-state index contributed by atoms with van der Waals surface area (Å²) in [5, 5.41) is 6.53. The Hall–Kier alpha value is -5.69. The monoisotopic (exact) mass is 675 g/mol. The van der Waals surface area contributed by atoms with Crippen molar-refractivity contribution in [2.24, 2.45) is 7.05 Å². The predicted molar refractivity (Wildman–Crippen MR) is 185 cm³/mol. The van der Waals surface area contributed by atoms with Crippen molar-refractivity contribution >= 4 is 54.6 Å². The Bertz CT molecular complexity index is 2650. The van der Waals surface area contributed by atoms with E-state index in [9.17, 15) is 13.2 Å². The molecule has 0 amide bonds. The van der Waals surface area contributed by atoms with Crippen LogP contribution in [0.5, 0.6) is 0 Å². The van der Waals surface area contributed by atoms with Crippen LogP contribution in [0.1, 0.15) is 5.56 Å². The molecule has 4 aromatic carbocycles. The molecule has 4 heterocycles. The molecular weight excluding hydrogens is 650 g/mol. The fraction of sp³-hybridized carbons (Fsp3) is 0.0571. The molecule has 48 heavy (non-hydrogen) atoms. The summed E-state index contributed by atoms with van der Waals surface area (Å²) in [5.74, 6) is 0. The second-order valence-corrected chi connectivity index (χ2v) is 12.9. The number of benzene rings is 4. The maximum Gasteiger partial charge on any atom is 0.333 e. The van der Waals surface area contributed by atoms with E-state index < -0.39 is 10.1 Å². The fourth-order valence-electron chi connectivity index (χ4n) is 5.51. The molecule has 8 aromatic rings. The zero-order valence-corrected chi connectivity index (χ0v) is 27.1. The molecule has 0 aliphatic carbocycles. The minimum absolute atomic E-state index is 0.0666. The van der Waals surface area contributed by atoms with E-state index in [-0.39, 0.29) is 10.6 Å². The lowest BCUT2D eigenvalue weighted by Crippen LogP contribution is -2.20. The zero-order valence-electron chi connectivity index (χ0n) is 25.6. The van der Waals surface area contributed by atoms with E-state index in [2.05, 4.69) is 32.2 Å². The van der Waals surface area contributed by atoms with E-state index >= 15 is 0 Å². The maximum atomic E-state index is 13.5. The Morgan fingerprint density at radius 1 is 0.833 bits per heavy atom. The molecule has 11 nitrogen and oxygen atoms in total. The normalized spacial score (nSPS) is 11.6. The number of aryl methyl sites for hydroxylation is 2. The van der Waals surface area contributed by atoms with Crippen LogP contribution in [0.25, 0.3) is 55.3 Å². The summed E-state index contributed by atoms with van der Waals surface area (Å²) in [5.41, 5.74) is 7.28. The Morgan fingerprint density at radius 2 is 1.60 bits per heavy atom. The summed E-state index contributed by atoms with van der Waals surface area (Å²) in [6.45, 7) is 1.84. The molecule has 0 unspecified atom stereocenters. The number of hydrogen-bond acceptors (Lipinski definition) is 7. The number of imidazole rings is 1. The molecule has 0 aliphatic rings. The Labute approximate surface area is 279 Å². The first-order valence-electron chi connectivity index (χ1n) is 14.6. The molecule has 0 fully saturated rings. The van der Waals surface area contributed by atoms with Crippen molar-refractivity contribution < 1.29 is 13.0 Å². The van der Waals surface area contributed by atoms with Crippen LogP contribution in [0.4, 0.5) is 0 Å². The van der Waals surface area contributed by atoms with Crippen LogP contribution >= 0.6 is 11.6 Å². The highest BCUT2D eigenvalue weighted by molar-refractivity contribution is 7.85. The lowest BCUT2D eigenvalue weighted by molar-refractivity contribution is 0.483. The number of aromatic nitrogens is 7. The summed E-state index contributed by atoms with van der Waals surface area (Å²) in [6.07, 6.45) is 6.63. The van der Waals surface area contributed by atoms with Crippen molar-refractivity contribution in [2.75, 3.05) is 0 Å². The van der Waals surface area contributed by atoms with Crippen LogP contribution in [-0.2, 0) is 17.2 Å². The summed E-state index contributed by atoms with van der Waals surface area (Å²) < 4.78 is 34.4. The molecule has 13 heteroatoms. The molecule has 0 saturated carbocycles. The molecule has 0 spiro atoms. The van der Waals surface area contributed by atoms with E-state index in [0.717, 1.165) is 49.5 Å². The van der Waals surface area contributed by atoms with Gasteiger partial charge in [-0.3, -0.25) is 23.7 Å². The highest BCUT2D eigenvalue weighted by Gasteiger charge is 2.18. The van der Waals surface area contributed by atoms with E-state index in [0.29, 0.717) is 16.4 Å². The van der Waals surface area contributed by atoms with Gasteiger partial charge in [-0.25, -0.2) is 14.5 Å². The van der Waals surface area contributed by atoms with E-state index in [4.69, 9.17) is 16.2 Å². The first-order valence-corrected chi connectivity index (χ1v) is 16.4. The predicted octanol–water partition coefficient (Wildman–Crippen LogP) is 6.57. The van der Waals surface area contributed by atoms with Gasteiger partial charge in [-0.2, -0.15) is 13.5 Å². The van der Waals surface area contributed by atoms with E-state index in [1.54, 1.807) is 51.6 Å². The third kappa shape index (κ3) is 5.72. The summed E-state index contributed by atoms with van der Waals surface area (Å²) in [4.78, 5) is 26.7. The zero-order chi connectivity index (χ0) is 33.6. The minimum Gasteiger partial charge on any atom is -0.293 e. The molecule has 4 aromatic heterocycles. The molecular formula is C35H26ClN7O4S. The van der Waals surface area contributed by atoms with Crippen molar-refractivity contribution in [3.05, 3.63) is 137 Å². The average molecular weight is 676 g/mol. The molecule has 0 radical (unpaired) electrons. The van der Waals surface area contributed by atoms with Gasteiger partial charge in [0.25, 0.3) is 10.1 Å². The lowest BCUT2D eigenvalue weighted by atomic mass is 10.0. The highest BCUT2D eigenvalue weighted by atomic mass is 35.5. The Balaban J connectivity index is 0.000000284. The number of halogens is 1. The number of rotatable bonds is 4. The third-order valence-corrected chi connectivity index (χ3v) is 9.15. The summed E-state index contributed by atoms with van der Waals surface area (Å²) in [6, 6.07) is 27.7. The number of pyridine rings is 2. The number of fused-ring (bicyclic) bond motifs is 4. The van der Waals surface area contributed by atoms with Gasteiger partial charge >= 0.3 is 5.69 Å². The van der Waals surface area contributed by atoms with Gasteiger partial charge in [-0.15, -0.1) is 0 Å². The molecule has 0 atom stereocenters. The van der Waals surface area contributed by atoms with Gasteiger partial charge < -0.3 is 0 Å². The van der Waals surface area contributed by atoms with Crippen LogP contribution in [-0.4, -0.2) is 46.8 Å². The van der Waals surface area contributed by atoms with Gasteiger partial charge in [0.05, 0.1) is 49.6 Å². The Morgan fingerprint density at radius 3 is 2.33 bits per heavy atom. The average Bonchev–Trinajstić information content (AvgIpc) is 3.71. The van der Waals surface area contributed by atoms with Crippen molar-refractivity contribution in [3.63, 3.8) is 0 Å². The number of hydrogen-bond donors (Lipinski definition) is 1. The van der Waals surface area contributed by atoms with Gasteiger partial charge in [-0.1, -0.05) is 53.6 Å². The minimum atomic E-state index is -4.02. The Kier molecular flexibility index (Phi) is 7.83. The summed E-state index contributed by atoms with van der Waals surface area (Å²) in [7, 11) is -2.27. The smallest absolute Gasteiger partial charge is 0.293 e. The SMILES string of the molecule is Cc1ccc(S(=O)(=O)O)cc1.Cn1c(=O)n(-c2ccc(-n3cncn3)c(Cl)c2)c2c3cc(-c4cnc5ccccc5c4)ccc3ncc21. The van der Waals surface area contributed by atoms with Gasteiger partial charge in [0.1, 0.15) is 12.7 Å². The second kappa shape index (κ2) is 12.2. The van der Waals surface area contributed by atoms with Crippen LogP contribution < -0.4 is 5.69 Å². The number of nitrogens with zero attached hydrogens (tertiary/aromatic N) is 7. The lowest BCUT2D eigenvalue weighted by Gasteiger charge is -2.10. The van der Waals surface area contributed by atoms with Crippen molar-refractivity contribution in [3.8, 4) is 22.5 Å². The van der Waals surface area contributed by atoms with Crippen LogP contribution in [0.2, 0.25) is 5.02 Å². The van der Waals surface area contributed by atoms with Gasteiger partial charge in [0, 0.05) is 29.6 Å². The largest absolute Gasteiger partial charge is 0.333 e. The quantitative estimate of drug-likeness (QED) is 0.207. The van der Waals surface area contributed by atoms with E-state index in [1.165, 1.54) is 18.5 Å². The molecule has 238 valence electrons. The molecule has 0 bridgehead atoms. The van der Waals surface area contributed by atoms with Crippen LogP contribution in [0, 0.1) is 6.92 Å². The maximum absolute atomic E-state index is 13.5.